The molecule has 0 spiro atoms. The molecule has 0 bridgehead atoms. The zero-order chi connectivity index (χ0) is 13.5. The number of methoxy groups -OCH3 is 1. The van der Waals surface area contributed by atoms with Crippen LogP contribution in [0.3, 0.4) is 0 Å². The van der Waals surface area contributed by atoms with Crippen molar-refractivity contribution in [3.63, 3.8) is 0 Å². The number of hydrogen-bond acceptors (Lipinski definition) is 3. The van der Waals surface area contributed by atoms with E-state index in [0.717, 1.165) is 16.9 Å². The van der Waals surface area contributed by atoms with Gasteiger partial charge in [-0.15, -0.1) is 0 Å². The first kappa shape index (κ1) is 13.1. The summed E-state index contributed by atoms with van der Waals surface area (Å²) < 4.78 is 18.0. The molecule has 3 nitrogen and oxygen atoms in total. The molecule has 2 rings (SSSR count). The Morgan fingerprint density at radius 1 is 1.16 bits per heavy atom. The van der Waals surface area contributed by atoms with E-state index in [2.05, 4.69) is 5.16 Å². The first-order chi connectivity index (χ1) is 9.28. The van der Waals surface area contributed by atoms with E-state index in [1.165, 1.54) is 12.1 Å². The van der Waals surface area contributed by atoms with Gasteiger partial charge in [-0.05, 0) is 47.5 Å². The minimum Gasteiger partial charge on any atom is -0.497 e. The molecule has 2 aromatic carbocycles. The largest absolute Gasteiger partial charge is 0.497 e. The van der Waals surface area contributed by atoms with Crippen LogP contribution in [0.4, 0.5) is 4.39 Å². The quantitative estimate of drug-likeness (QED) is 0.608. The number of oxime groups is 1. The highest BCUT2D eigenvalue weighted by atomic mass is 19.1. The second kappa shape index (κ2) is 6.54. The van der Waals surface area contributed by atoms with Gasteiger partial charge in [0.25, 0.3) is 0 Å². The topological polar surface area (TPSA) is 30.8 Å². The van der Waals surface area contributed by atoms with Crippen molar-refractivity contribution in [1.82, 2.24) is 0 Å². The molecule has 0 aliphatic rings. The third-order valence-corrected chi connectivity index (χ3v) is 2.51. The van der Waals surface area contributed by atoms with E-state index in [4.69, 9.17) is 9.57 Å². The van der Waals surface area contributed by atoms with Crippen LogP contribution < -0.4 is 4.74 Å². The third-order valence-electron chi connectivity index (χ3n) is 2.51. The van der Waals surface area contributed by atoms with E-state index >= 15 is 0 Å². The Morgan fingerprint density at radius 2 is 1.95 bits per heavy atom. The molecular weight excluding hydrogens is 245 g/mol. The van der Waals surface area contributed by atoms with Crippen molar-refractivity contribution in [3.8, 4) is 5.75 Å². The molecule has 0 aliphatic heterocycles. The van der Waals surface area contributed by atoms with Gasteiger partial charge in [0, 0.05) is 0 Å². The summed E-state index contributed by atoms with van der Waals surface area (Å²) >= 11 is 0. The fourth-order valence-corrected chi connectivity index (χ4v) is 1.53. The Bertz CT molecular complexity index is 552. The van der Waals surface area contributed by atoms with Crippen LogP contribution in [0.2, 0.25) is 0 Å². The van der Waals surface area contributed by atoms with Crippen LogP contribution in [0.1, 0.15) is 11.1 Å². The fourth-order valence-electron chi connectivity index (χ4n) is 1.53. The monoisotopic (exact) mass is 259 g/mol. The Kier molecular flexibility index (Phi) is 4.50. The Labute approximate surface area is 111 Å². The Hall–Kier alpha value is -2.36. The van der Waals surface area contributed by atoms with Crippen molar-refractivity contribution in [1.29, 1.82) is 0 Å². The summed E-state index contributed by atoms with van der Waals surface area (Å²) in [6, 6.07) is 13.7. The summed E-state index contributed by atoms with van der Waals surface area (Å²) in [4.78, 5) is 5.11. The number of halogens is 1. The molecule has 0 aromatic heterocycles. The lowest BCUT2D eigenvalue weighted by atomic mass is 10.2. The molecule has 0 fully saturated rings. The van der Waals surface area contributed by atoms with Crippen molar-refractivity contribution in [3.05, 3.63) is 65.5 Å². The molecule has 0 N–H and O–H groups in total. The van der Waals surface area contributed by atoms with Gasteiger partial charge in [-0.25, -0.2) is 4.39 Å². The van der Waals surface area contributed by atoms with Crippen molar-refractivity contribution in [2.75, 3.05) is 7.11 Å². The van der Waals surface area contributed by atoms with Crippen molar-refractivity contribution < 1.29 is 14.0 Å². The van der Waals surface area contributed by atoms with E-state index in [1.807, 2.05) is 24.3 Å². The lowest BCUT2D eigenvalue weighted by molar-refractivity contribution is 0.132. The maximum Gasteiger partial charge on any atom is 0.142 e. The number of hydrogen-bond donors (Lipinski definition) is 0. The fraction of sp³-hybridized carbons (Fsp3) is 0.133. The summed E-state index contributed by atoms with van der Waals surface area (Å²) in [7, 11) is 1.62. The highest BCUT2D eigenvalue weighted by Crippen LogP contribution is 2.10. The van der Waals surface area contributed by atoms with Crippen molar-refractivity contribution in [2.24, 2.45) is 5.16 Å². The van der Waals surface area contributed by atoms with Gasteiger partial charge >= 0.3 is 0 Å². The minimum absolute atomic E-state index is 0.240. The van der Waals surface area contributed by atoms with Gasteiger partial charge in [0.05, 0.1) is 13.3 Å². The summed E-state index contributed by atoms with van der Waals surface area (Å²) in [5.41, 5.74) is 1.65. The van der Waals surface area contributed by atoms with Crippen molar-refractivity contribution in [2.45, 2.75) is 6.61 Å². The van der Waals surface area contributed by atoms with Gasteiger partial charge in [0.2, 0.25) is 0 Å². The smallest absolute Gasteiger partial charge is 0.142 e. The molecule has 0 saturated heterocycles. The lowest BCUT2D eigenvalue weighted by Gasteiger charge is -2.00. The Balaban J connectivity index is 1.86. The molecular formula is C15H14FNO2. The van der Waals surface area contributed by atoms with Gasteiger partial charge in [0.1, 0.15) is 18.2 Å². The number of nitrogens with zero attached hydrogens (tertiary/aromatic N) is 1. The molecule has 0 saturated carbocycles. The van der Waals surface area contributed by atoms with E-state index in [1.54, 1.807) is 25.5 Å². The van der Waals surface area contributed by atoms with E-state index in [9.17, 15) is 4.39 Å². The molecule has 0 unspecified atom stereocenters. The molecule has 0 amide bonds. The van der Waals surface area contributed by atoms with Gasteiger partial charge in [0.15, 0.2) is 0 Å². The highest BCUT2D eigenvalue weighted by molar-refractivity contribution is 5.79. The van der Waals surface area contributed by atoms with Crippen LogP contribution in [0.25, 0.3) is 0 Å². The lowest BCUT2D eigenvalue weighted by Crippen LogP contribution is -1.89. The average molecular weight is 259 g/mol. The van der Waals surface area contributed by atoms with Gasteiger partial charge in [-0.1, -0.05) is 17.3 Å². The standard InChI is InChI=1S/C15H14FNO2/c1-18-15-7-5-12(6-8-15)10-17-19-11-13-3-2-4-14(16)9-13/h2-10H,11H2,1H3. The van der Waals surface area contributed by atoms with Crippen LogP contribution in [-0.2, 0) is 11.4 Å². The van der Waals surface area contributed by atoms with Crippen LogP contribution in [0, 0.1) is 5.82 Å². The normalized spacial score (nSPS) is 10.6. The number of ether oxygens (including phenoxy) is 1. The molecule has 0 heterocycles. The predicted octanol–water partition coefficient (Wildman–Crippen LogP) is 3.39. The molecule has 4 heteroatoms. The molecule has 0 aliphatic carbocycles. The van der Waals surface area contributed by atoms with E-state index < -0.39 is 0 Å². The molecule has 98 valence electrons. The predicted molar refractivity (Wildman–Crippen MR) is 71.8 cm³/mol. The molecule has 19 heavy (non-hydrogen) atoms. The third kappa shape index (κ3) is 4.10. The highest BCUT2D eigenvalue weighted by Gasteiger charge is 1.95. The van der Waals surface area contributed by atoms with Crippen molar-refractivity contribution >= 4 is 6.21 Å². The van der Waals surface area contributed by atoms with Gasteiger partial charge in [-0.2, -0.15) is 0 Å². The van der Waals surface area contributed by atoms with Crippen LogP contribution in [0.15, 0.2) is 53.7 Å². The summed E-state index contributed by atoms with van der Waals surface area (Å²) in [5, 5.41) is 3.83. The van der Waals surface area contributed by atoms with Gasteiger partial charge in [-0.3, -0.25) is 0 Å². The van der Waals surface area contributed by atoms with Gasteiger partial charge < -0.3 is 9.57 Å². The average Bonchev–Trinajstić information content (AvgIpc) is 2.44. The Morgan fingerprint density at radius 3 is 2.63 bits per heavy atom. The second-order valence-electron chi connectivity index (χ2n) is 3.91. The van der Waals surface area contributed by atoms with E-state index in [0.29, 0.717) is 0 Å². The first-order valence-corrected chi connectivity index (χ1v) is 5.82. The zero-order valence-corrected chi connectivity index (χ0v) is 10.5. The molecule has 0 atom stereocenters. The van der Waals surface area contributed by atoms with Crippen LogP contribution in [-0.4, -0.2) is 13.3 Å². The maximum atomic E-state index is 12.9. The molecule has 2 aromatic rings. The zero-order valence-electron chi connectivity index (χ0n) is 10.5. The maximum absolute atomic E-state index is 12.9. The summed E-state index contributed by atoms with van der Waals surface area (Å²) in [5.74, 6) is 0.512. The first-order valence-electron chi connectivity index (χ1n) is 5.82. The number of benzene rings is 2. The minimum atomic E-state index is -0.278. The SMILES string of the molecule is COc1ccc(C=NOCc2cccc(F)c2)cc1. The van der Waals surface area contributed by atoms with Crippen LogP contribution in [0.5, 0.6) is 5.75 Å². The number of rotatable bonds is 5. The molecule has 0 radical (unpaired) electrons. The summed E-state index contributed by atoms with van der Waals surface area (Å²) in [6.45, 7) is 0.240. The summed E-state index contributed by atoms with van der Waals surface area (Å²) in [6.07, 6.45) is 1.60. The second-order valence-corrected chi connectivity index (χ2v) is 3.91. The van der Waals surface area contributed by atoms with E-state index in [-0.39, 0.29) is 12.4 Å². The van der Waals surface area contributed by atoms with Crippen LogP contribution >= 0.6 is 0 Å².